The second-order valence-corrected chi connectivity index (χ2v) is 5.05. The van der Waals surface area contributed by atoms with Gasteiger partial charge in [0.1, 0.15) is 0 Å². The van der Waals surface area contributed by atoms with Gasteiger partial charge in [-0.25, -0.2) is 0 Å². The Morgan fingerprint density at radius 3 is 2.33 bits per heavy atom. The van der Waals surface area contributed by atoms with E-state index in [-0.39, 0.29) is 17.7 Å². The Bertz CT molecular complexity index is 281. The molecule has 0 aromatic carbocycles. The summed E-state index contributed by atoms with van der Waals surface area (Å²) in [7, 11) is 0. The van der Waals surface area contributed by atoms with E-state index in [4.69, 9.17) is 11.5 Å². The SMILES string of the molecule is NCCCCCCCCN1CC(C(N)=O)CC1=O. The summed E-state index contributed by atoms with van der Waals surface area (Å²) in [6.07, 6.45) is 7.16. The number of hydrogen-bond donors (Lipinski definition) is 2. The number of carbonyl (C=O) groups excluding carboxylic acids is 2. The number of carbonyl (C=O) groups is 2. The minimum absolute atomic E-state index is 0.0712. The lowest BCUT2D eigenvalue weighted by molar-refractivity contribution is -0.128. The Morgan fingerprint density at radius 2 is 1.78 bits per heavy atom. The van der Waals surface area contributed by atoms with Gasteiger partial charge in [-0.05, 0) is 19.4 Å². The summed E-state index contributed by atoms with van der Waals surface area (Å²) in [5, 5.41) is 0. The number of rotatable bonds is 9. The summed E-state index contributed by atoms with van der Waals surface area (Å²) < 4.78 is 0. The Labute approximate surface area is 109 Å². The van der Waals surface area contributed by atoms with Gasteiger partial charge in [-0.15, -0.1) is 0 Å². The van der Waals surface area contributed by atoms with Crippen LogP contribution in [0.25, 0.3) is 0 Å². The van der Waals surface area contributed by atoms with Crippen LogP contribution in [0.1, 0.15) is 44.9 Å². The van der Waals surface area contributed by atoms with E-state index in [0.717, 1.165) is 32.4 Å². The first-order valence-corrected chi connectivity index (χ1v) is 6.92. The van der Waals surface area contributed by atoms with Crippen molar-refractivity contribution in [2.24, 2.45) is 17.4 Å². The van der Waals surface area contributed by atoms with Gasteiger partial charge >= 0.3 is 0 Å². The van der Waals surface area contributed by atoms with Crippen LogP contribution in [0, 0.1) is 5.92 Å². The smallest absolute Gasteiger partial charge is 0.223 e. The maximum Gasteiger partial charge on any atom is 0.223 e. The van der Waals surface area contributed by atoms with Crippen LogP contribution >= 0.6 is 0 Å². The number of hydrogen-bond acceptors (Lipinski definition) is 3. The van der Waals surface area contributed by atoms with E-state index in [9.17, 15) is 9.59 Å². The van der Waals surface area contributed by atoms with Gasteiger partial charge < -0.3 is 16.4 Å². The molecule has 1 rings (SSSR count). The van der Waals surface area contributed by atoms with Crippen molar-refractivity contribution in [1.29, 1.82) is 0 Å². The zero-order valence-corrected chi connectivity index (χ0v) is 11.1. The molecule has 5 heteroatoms. The molecule has 0 spiro atoms. The molecule has 1 saturated heterocycles. The van der Waals surface area contributed by atoms with Crippen LogP contribution in [0.2, 0.25) is 0 Å². The van der Waals surface area contributed by atoms with Crippen LogP contribution in [0.3, 0.4) is 0 Å². The zero-order chi connectivity index (χ0) is 13.4. The Morgan fingerprint density at radius 1 is 1.17 bits per heavy atom. The van der Waals surface area contributed by atoms with Gasteiger partial charge in [-0.3, -0.25) is 9.59 Å². The van der Waals surface area contributed by atoms with Crippen molar-refractivity contribution in [3.8, 4) is 0 Å². The van der Waals surface area contributed by atoms with E-state index >= 15 is 0 Å². The molecule has 0 aliphatic carbocycles. The third-order valence-corrected chi connectivity index (χ3v) is 3.50. The standard InChI is InChI=1S/C13H25N3O2/c14-7-5-3-1-2-4-6-8-16-10-11(13(15)18)9-12(16)17/h11H,1-10,14H2,(H2,15,18). The lowest BCUT2D eigenvalue weighted by Crippen LogP contribution is -2.29. The molecule has 4 N–H and O–H groups in total. The van der Waals surface area contributed by atoms with Gasteiger partial charge in [-0.2, -0.15) is 0 Å². The molecule has 5 nitrogen and oxygen atoms in total. The number of nitrogens with two attached hydrogens (primary N) is 2. The van der Waals surface area contributed by atoms with Crippen LogP contribution in [-0.2, 0) is 9.59 Å². The highest BCUT2D eigenvalue weighted by Crippen LogP contribution is 2.18. The van der Waals surface area contributed by atoms with E-state index in [1.165, 1.54) is 19.3 Å². The van der Waals surface area contributed by atoms with Gasteiger partial charge in [0.05, 0.1) is 5.92 Å². The van der Waals surface area contributed by atoms with Crippen molar-refractivity contribution in [2.75, 3.05) is 19.6 Å². The number of likely N-dealkylation sites (tertiary alicyclic amines) is 1. The van der Waals surface area contributed by atoms with Gasteiger partial charge in [0.15, 0.2) is 0 Å². The molecule has 104 valence electrons. The molecule has 1 aliphatic heterocycles. The normalized spacial score (nSPS) is 19.5. The summed E-state index contributed by atoms with van der Waals surface area (Å²) in [5.74, 6) is -0.559. The van der Waals surface area contributed by atoms with Gasteiger partial charge in [0.25, 0.3) is 0 Å². The summed E-state index contributed by atoms with van der Waals surface area (Å²) in [6.45, 7) is 2.05. The molecule has 0 bridgehead atoms. The van der Waals surface area contributed by atoms with Gasteiger partial charge in [0, 0.05) is 19.5 Å². The molecule has 0 aromatic heterocycles. The van der Waals surface area contributed by atoms with E-state index in [1.54, 1.807) is 4.90 Å². The first kappa shape index (κ1) is 15.0. The molecule has 1 heterocycles. The topological polar surface area (TPSA) is 89.4 Å². The summed E-state index contributed by atoms with van der Waals surface area (Å²) >= 11 is 0. The highest BCUT2D eigenvalue weighted by Gasteiger charge is 2.32. The van der Waals surface area contributed by atoms with Gasteiger partial charge in [0.2, 0.25) is 11.8 Å². The Balaban J connectivity index is 2.06. The van der Waals surface area contributed by atoms with Crippen LogP contribution in [-0.4, -0.2) is 36.3 Å². The number of nitrogens with zero attached hydrogens (tertiary/aromatic N) is 1. The average molecular weight is 255 g/mol. The highest BCUT2D eigenvalue weighted by atomic mass is 16.2. The predicted molar refractivity (Wildman–Crippen MR) is 70.6 cm³/mol. The number of amides is 2. The summed E-state index contributed by atoms with van der Waals surface area (Å²) in [5.41, 5.74) is 10.6. The fraction of sp³-hybridized carbons (Fsp3) is 0.846. The molecule has 1 unspecified atom stereocenters. The van der Waals surface area contributed by atoms with Crippen molar-refractivity contribution in [1.82, 2.24) is 4.90 Å². The lowest BCUT2D eigenvalue weighted by Gasteiger charge is -2.15. The summed E-state index contributed by atoms with van der Waals surface area (Å²) in [4.78, 5) is 24.4. The van der Waals surface area contributed by atoms with Crippen LogP contribution in [0.15, 0.2) is 0 Å². The van der Waals surface area contributed by atoms with E-state index in [2.05, 4.69) is 0 Å². The zero-order valence-electron chi connectivity index (χ0n) is 11.1. The first-order valence-electron chi connectivity index (χ1n) is 6.92. The second kappa shape index (κ2) is 8.08. The first-order chi connectivity index (χ1) is 8.65. The molecule has 0 saturated carbocycles. The predicted octanol–water partition coefficient (Wildman–Crippen LogP) is 0.620. The molecule has 1 atom stereocenters. The molecular weight excluding hydrogens is 230 g/mol. The molecule has 0 aromatic rings. The van der Waals surface area contributed by atoms with Crippen LogP contribution in [0.4, 0.5) is 0 Å². The highest BCUT2D eigenvalue weighted by molar-refractivity contribution is 5.88. The minimum Gasteiger partial charge on any atom is -0.369 e. The van der Waals surface area contributed by atoms with Crippen molar-refractivity contribution in [3.63, 3.8) is 0 Å². The third-order valence-electron chi connectivity index (χ3n) is 3.50. The van der Waals surface area contributed by atoms with Crippen molar-refractivity contribution >= 4 is 11.8 Å². The van der Waals surface area contributed by atoms with Crippen molar-refractivity contribution in [3.05, 3.63) is 0 Å². The fourth-order valence-electron chi connectivity index (χ4n) is 2.33. The van der Waals surface area contributed by atoms with Crippen LogP contribution < -0.4 is 11.5 Å². The van der Waals surface area contributed by atoms with E-state index in [1.807, 2.05) is 0 Å². The fourth-order valence-corrected chi connectivity index (χ4v) is 2.33. The largest absolute Gasteiger partial charge is 0.369 e. The quantitative estimate of drug-likeness (QED) is 0.592. The van der Waals surface area contributed by atoms with Crippen molar-refractivity contribution < 1.29 is 9.59 Å². The molecule has 0 radical (unpaired) electrons. The average Bonchev–Trinajstić information content (AvgIpc) is 2.70. The van der Waals surface area contributed by atoms with Gasteiger partial charge in [-0.1, -0.05) is 25.7 Å². The molecule has 2 amide bonds. The van der Waals surface area contributed by atoms with Crippen LogP contribution in [0.5, 0.6) is 0 Å². The van der Waals surface area contributed by atoms with E-state index < -0.39 is 0 Å². The summed E-state index contributed by atoms with van der Waals surface area (Å²) in [6, 6.07) is 0. The minimum atomic E-state index is -0.354. The lowest BCUT2D eigenvalue weighted by atomic mass is 10.1. The maximum atomic E-state index is 11.6. The monoisotopic (exact) mass is 255 g/mol. The molecular formula is C13H25N3O2. The third kappa shape index (κ3) is 5.04. The number of unbranched alkanes of at least 4 members (excludes halogenated alkanes) is 5. The van der Waals surface area contributed by atoms with Crippen molar-refractivity contribution in [2.45, 2.75) is 44.9 Å². The maximum absolute atomic E-state index is 11.6. The molecule has 1 aliphatic rings. The Hall–Kier alpha value is -1.10. The molecule has 1 fully saturated rings. The molecule has 18 heavy (non-hydrogen) atoms. The number of primary amides is 1. The Kier molecular flexibility index (Phi) is 6.72. The second-order valence-electron chi connectivity index (χ2n) is 5.05. The van der Waals surface area contributed by atoms with E-state index in [0.29, 0.717) is 13.0 Å².